The monoisotopic (exact) mass is 471 g/mol. The van der Waals surface area contributed by atoms with Crippen molar-refractivity contribution in [1.82, 2.24) is 4.98 Å². The van der Waals surface area contributed by atoms with Crippen LogP contribution in [-0.2, 0) is 25.7 Å². The Morgan fingerprint density at radius 1 is 1.06 bits per heavy atom. The first-order chi connectivity index (χ1) is 16.3. The topological polar surface area (TPSA) is 101 Å². The molecule has 1 heterocycles. The molecule has 0 amide bonds. The van der Waals surface area contributed by atoms with Crippen LogP contribution < -0.4 is 9.47 Å². The molecule has 0 spiro atoms. The second-order valence-electron chi connectivity index (χ2n) is 8.08. The second kappa shape index (κ2) is 13.4. The van der Waals surface area contributed by atoms with Crippen molar-refractivity contribution in [2.45, 2.75) is 65.8 Å². The van der Waals surface area contributed by atoms with Crippen molar-refractivity contribution in [2.24, 2.45) is 5.92 Å². The van der Waals surface area contributed by atoms with Crippen LogP contribution in [0, 0.1) is 5.92 Å². The quantitative estimate of drug-likeness (QED) is 0.310. The summed E-state index contributed by atoms with van der Waals surface area (Å²) in [5.41, 5.74) is 0.966. The van der Waals surface area contributed by atoms with Gasteiger partial charge in [0.2, 0.25) is 5.75 Å². The maximum absolute atomic E-state index is 12.9. The van der Waals surface area contributed by atoms with Gasteiger partial charge < -0.3 is 18.9 Å². The van der Waals surface area contributed by atoms with Crippen LogP contribution in [0.5, 0.6) is 11.5 Å². The van der Waals surface area contributed by atoms with Crippen LogP contribution >= 0.6 is 0 Å². The van der Waals surface area contributed by atoms with Gasteiger partial charge in [-0.15, -0.1) is 0 Å². The van der Waals surface area contributed by atoms with Gasteiger partial charge in [-0.05, 0) is 18.9 Å². The number of hydrogen-bond acceptors (Lipinski definition) is 8. The molecule has 0 saturated carbocycles. The van der Waals surface area contributed by atoms with Gasteiger partial charge in [-0.3, -0.25) is 14.4 Å². The van der Waals surface area contributed by atoms with Crippen molar-refractivity contribution in [3.63, 3.8) is 0 Å². The molecule has 0 saturated heterocycles. The van der Waals surface area contributed by atoms with Crippen LogP contribution in [-0.4, -0.2) is 42.0 Å². The summed E-state index contributed by atoms with van der Waals surface area (Å²) in [7, 11) is 1.39. The highest BCUT2D eigenvalue weighted by Gasteiger charge is 2.28. The van der Waals surface area contributed by atoms with E-state index in [9.17, 15) is 14.4 Å². The minimum Gasteiger partial charge on any atom is -0.493 e. The average Bonchev–Trinajstić information content (AvgIpc) is 2.81. The standard InChI is InChI=1S/C26H33NO7/c1-6-10-22(32-16-20-11-8-7-9-12-20)18(3)33-26(30)17(2)15-21(29)24-25(34-19(4)28)23(31-5)13-14-27-24/h7-9,11-14,17-18,22H,6,10,15-16H2,1-5H3/t17-,18+,22-/m1/s1. The molecule has 0 fully saturated rings. The van der Waals surface area contributed by atoms with Crippen molar-refractivity contribution in [3.8, 4) is 11.5 Å². The Labute approximate surface area is 200 Å². The van der Waals surface area contributed by atoms with E-state index >= 15 is 0 Å². The molecular formula is C26H33NO7. The number of nitrogens with zero attached hydrogens (tertiary/aromatic N) is 1. The van der Waals surface area contributed by atoms with E-state index in [1.807, 2.05) is 37.3 Å². The van der Waals surface area contributed by atoms with Crippen LogP contribution in [0.2, 0.25) is 0 Å². The molecular weight excluding hydrogens is 438 g/mol. The Hall–Kier alpha value is -3.26. The summed E-state index contributed by atoms with van der Waals surface area (Å²) >= 11 is 0. The summed E-state index contributed by atoms with van der Waals surface area (Å²) in [5, 5.41) is 0. The van der Waals surface area contributed by atoms with Gasteiger partial charge in [0.25, 0.3) is 0 Å². The number of aromatic nitrogens is 1. The lowest BCUT2D eigenvalue weighted by Crippen LogP contribution is -2.33. The van der Waals surface area contributed by atoms with Crippen LogP contribution in [0.1, 0.15) is 63.0 Å². The van der Waals surface area contributed by atoms with E-state index < -0.39 is 29.7 Å². The highest BCUT2D eigenvalue weighted by molar-refractivity contribution is 5.99. The van der Waals surface area contributed by atoms with E-state index in [1.54, 1.807) is 13.8 Å². The molecule has 8 nitrogen and oxygen atoms in total. The number of benzene rings is 1. The zero-order valence-electron chi connectivity index (χ0n) is 20.4. The Bertz CT molecular complexity index is 961. The minimum atomic E-state index is -0.732. The molecule has 8 heteroatoms. The summed E-state index contributed by atoms with van der Waals surface area (Å²) in [5.74, 6) is -2.17. The van der Waals surface area contributed by atoms with Gasteiger partial charge in [0, 0.05) is 25.6 Å². The molecule has 34 heavy (non-hydrogen) atoms. The van der Waals surface area contributed by atoms with Crippen LogP contribution in [0.3, 0.4) is 0 Å². The van der Waals surface area contributed by atoms with E-state index in [1.165, 1.54) is 26.3 Å². The number of carbonyl (C=O) groups is 3. The van der Waals surface area contributed by atoms with E-state index in [4.69, 9.17) is 18.9 Å². The Balaban J connectivity index is 2.01. The summed E-state index contributed by atoms with van der Waals surface area (Å²) < 4.78 is 22.0. The molecule has 0 unspecified atom stereocenters. The van der Waals surface area contributed by atoms with Gasteiger partial charge >= 0.3 is 11.9 Å². The Morgan fingerprint density at radius 3 is 2.38 bits per heavy atom. The van der Waals surface area contributed by atoms with Crippen LogP contribution in [0.15, 0.2) is 42.6 Å². The third kappa shape index (κ3) is 7.95. The number of carbonyl (C=O) groups excluding carboxylic acids is 3. The summed E-state index contributed by atoms with van der Waals surface area (Å²) in [6, 6.07) is 11.3. The molecule has 184 valence electrons. The van der Waals surface area contributed by atoms with Crippen molar-refractivity contribution >= 4 is 17.7 Å². The molecule has 0 aliphatic carbocycles. The SMILES string of the molecule is CCC[C@@H](OCc1ccccc1)[C@H](C)OC(=O)[C@H](C)CC(=O)c1nccc(OC)c1OC(C)=O. The summed E-state index contributed by atoms with van der Waals surface area (Å²) in [4.78, 5) is 41.1. The number of ether oxygens (including phenoxy) is 4. The molecule has 2 aromatic rings. The average molecular weight is 472 g/mol. The zero-order valence-corrected chi connectivity index (χ0v) is 20.4. The van der Waals surface area contributed by atoms with Crippen LogP contribution in [0.4, 0.5) is 0 Å². The van der Waals surface area contributed by atoms with Crippen LogP contribution in [0.25, 0.3) is 0 Å². The van der Waals surface area contributed by atoms with Gasteiger partial charge in [0.15, 0.2) is 17.2 Å². The van der Waals surface area contributed by atoms with E-state index in [-0.39, 0.29) is 29.7 Å². The molecule has 0 bridgehead atoms. The fourth-order valence-electron chi connectivity index (χ4n) is 3.38. The lowest BCUT2D eigenvalue weighted by atomic mass is 10.0. The zero-order chi connectivity index (χ0) is 25.1. The first kappa shape index (κ1) is 27.0. The highest BCUT2D eigenvalue weighted by atomic mass is 16.6. The molecule has 3 atom stereocenters. The van der Waals surface area contributed by atoms with Gasteiger partial charge in [-0.1, -0.05) is 50.6 Å². The molecule has 0 N–H and O–H groups in total. The van der Waals surface area contributed by atoms with E-state index in [2.05, 4.69) is 4.98 Å². The number of rotatable bonds is 13. The first-order valence-electron chi connectivity index (χ1n) is 11.4. The van der Waals surface area contributed by atoms with Crippen molar-refractivity contribution < 1.29 is 33.3 Å². The van der Waals surface area contributed by atoms with Gasteiger partial charge in [-0.25, -0.2) is 4.98 Å². The maximum Gasteiger partial charge on any atom is 0.309 e. The predicted octanol–water partition coefficient (Wildman–Crippen LogP) is 4.54. The molecule has 2 rings (SSSR count). The largest absolute Gasteiger partial charge is 0.493 e. The number of esters is 2. The molecule has 0 radical (unpaired) electrons. The van der Waals surface area contributed by atoms with Gasteiger partial charge in [0.1, 0.15) is 6.10 Å². The van der Waals surface area contributed by atoms with E-state index in [0.717, 1.165) is 18.4 Å². The summed E-state index contributed by atoms with van der Waals surface area (Å²) in [6.07, 6.45) is 2.06. The van der Waals surface area contributed by atoms with Gasteiger partial charge in [0.05, 0.1) is 25.7 Å². The lowest BCUT2D eigenvalue weighted by molar-refractivity contribution is -0.161. The first-order valence-corrected chi connectivity index (χ1v) is 11.4. The summed E-state index contributed by atoms with van der Waals surface area (Å²) in [6.45, 7) is 7.07. The Kier molecular flexibility index (Phi) is 10.7. The van der Waals surface area contributed by atoms with Gasteiger partial charge in [-0.2, -0.15) is 0 Å². The highest BCUT2D eigenvalue weighted by Crippen LogP contribution is 2.31. The number of methoxy groups -OCH3 is 1. The number of Topliss-reactive ketones (excluding diaryl/α,β-unsaturated/α-hetero) is 1. The maximum atomic E-state index is 12.9. The second-order valence-corrected chi connectivity index (χ2v) is 8.08. The fraction of sp³-hybridized carbons (Fsp3) is 0.462. The fourth-order valence-corrected chi connectivity index (χ4v) is 3.38. The van der Waals surface area contributed by atoms with Crippen molar-refractivity contribution in [3.05, 3.63) is 53.9 Å². The van der Waals surface area contributed by atoms with E-state index in [0.29, 0.717) is 6.61 Å². The molecule has 1 aromatic carbocycles. The predicted molar refractivity (Wildman–Crippen MR) is 126 cm³/mol. The third-order valence-electron chi connectivity index (χ3n) is 5.20. The third-order valence-corrected chi connectivity index (χ3v) is 5.20. The lowest BCUT2D eigenvalue weighted by Gasteiger charge is -2.25. The number of hydrogen-bond donors (Lipinski definition) is 0. The van der Waals surface area contributed by atoms with Crippen molar-refractivity contribution in [1.29, 1.82) is 0 Å². The molecule has 0 aliphatic rings. The van der Waals surface area contributed by atoms with Crippen molar-refractivity contribution in [2.75, 3.05) is 7.11 Å². The molecule has 1 aromatic heterocycles. The number of ketones is 1. The Morgan fingerprint density at radius 2 is 1.76 bits per heavy atom. The molecule has 0 aliphatic heterocycles. The normalized spacial score (nSPS) is 13.4. The minimum absolute atomic E-state index is 0.0613. The smallest absolute Gasteiger partial charge is 0.309 e. The number of pyridine rings is 1.